The second-order valence-corrected chi connectivity index (χ2v) is 12.6. The van der Waals surface area contributed by atoms with Crippen molar-refractivity contribution in [3.05, 3.63) is 51.6 Å². The number of benzene rings is 1. The van der Waals surface area contributed by atoms with Crippen LogP contribution >= 0.6 is 22.6 Å². The zero-order valence-corrected chi connectivity index (χ0v) is 24.9. The van der Waals surface area contributed by atoms with E-state index in [0.29, 0.717) is 5.78 Å². The molecule has 0 saturated carbocycles. The Morgan fingerprint density at radius 1 is 1.21 bits per heavy atom. The van der Waals surface area contributed by atoms with Crippen molar-refractivity contribution in [1.29, 1.82) is 0 Å². The first-order valence-electron chi connectivity index (χ1n) is 12.6. The van der Waals surface area contributed by atoms with Crippen LogP contribution in [0.4, 0.5) is 0 Å². The topological polar surface area (TPSA) is 139 Å². The van der Waals surface area contributed by atoms with Gasteiger partial charge in [-0.3, -0.25) is 13.9 Å². The Balaban J connectivity index is 0.000000392. The second-order valence-electron chi connectivity index (χ2n) is 9.08. The van der Waals surface area contributed by atoms with Crippen LogP contribution in [0.3, 0.4) is 0 Å². The molecule has 12 nitrogen and oxygen atoms in total. The number of H-pyrrole nitrogens is 1. The summed E-state index contributed by atoms with van der Waals surface area (Å²) in [7, 11) is 0. The molecule has 0 amide bonds. The number of aromatic amines is 1. The van der Waals surface area contributed by atoms with Crippen molar-refractivity contribution in [3.8, 4) is 11.3 Å². The van der Waals surface area contributed by atoms with Crippen LogP contribution in [0.15, 0.2) is 46.1 Å². The minimum atomic E-state index is -3.44. The summed E-state index contributed by atoms with van der Waals surface area (Å²) in [4.78, 5) is 37.5. The lowest BCUT2D eigenvalue weighted by Crippen LogP contribution is -2.39. The third-order valence-corrected chi connectivity index (χ3v) is 8.98. The molecule has 39 heavy (non-hydrogen) atoms. The van der Waals surface area contributed by atoms with Crippen LogP contribution in [0.1, 0.15) is 27.0 Å². The zero-order chi connectivity index (χ0) is 27.9. The number of nitrogens with one attached hydrogen (secondary N) is 1. The lowest BCUT2D eigenvalue weighted by Gasteiger charge is -2.30. The highest BCUT2D eigenvalue weighted by atomic mass is 79.9. The lowest BCUT2D eigenvalue weighted by atomic mass is 10.1. The summed E-state index contributed by atoms with van der Waals surface area (Å²) in [5, 5.41) is 10.9. The summed E-state index contributed by atoms with van der Waals surface area (Å²) in [5.74, 6) is 0.311. The Bertz CT molecular complexity index is 1570. The van der Waals surface area contributed by atoms with E-state index in [9.17, 15) is 14.8 Å². The fourth-order valence-corrected chi connectivity index (χ4v) is 6.70. The molecule has 2 fully saturated rings. The average Bonchev–Trinajstić information content (AvgIpc) is 3.59. The molecule has 210 valence electrons. The number of hydrogen-bond acceptors (Lipinski definition) is 9. The van der Waals surface area contributed by atoms with Crippen molar-refractivity contribution in [1.82, 2.24) is 28.8 Å². The number of rotatable bonds is 5. The third-order valence-electron chi connectivity index (χ3n) is 6.86. The van der Waals surface area contributed by atoms with Crippen LogP contribution in [0.5, 0.6) is 0 Å². The first kappa shape index (κ1) is 28.5. The fourth-order valence-electron chi connectivity index (χ4n) is 4.71. The van der Waals surface area contributed by atoms with Gasteiger partial charge in [0.25, 0.3) is 5.56 Å². The van der Waals surface area contributed by atoms with Crippen LogP contribution in [-0.2, 0) is 25.6 Å². The van der Waals surface area contributed by atoms with E-state index in [2.05, 4.69) is 56.6 Å². The van der Waals surface area contributed by atoms with E-state index in [1.165, 1.54) is 28.6 Å². The van der Waals surface area contributed by atoms with E-state index in [1.807, 2.05) is 30.3 Å². The molecule has 3 aromatic heterocycles. The third kappa shape index (κ3) is 5.50. The number of imidazole rings is 2. The van der Waals surface area contributed by atoms with E-state index in [-0.39, 0.29) is 28.1 Å². The van der Waals surface area contributed by atoms with E-state index in [1.54, 1.807) is 6.20 Å². The number of ether oxygens (including phenoxy) is 1. The van der Waals surface area contributed by atoms with Crippen LogP contribution < -0.4 is 5.56 Å². The minimum Gasteiger partial charge on any atom is -0.386 e. The van der Waals surface area contributed by atoms with Crippen LogP contribution in [0, 0.1) is 0 Å². The van der Waals surface area contributed by atoms with Gasteiger partial charge in [-0.15, -0.1) is 0 Å². The molecule has 2 saturated heterocycles. The Labute approximate surface area is 237 Å². The molecule has 15 heteroatoms. The first-order chi connectivity index (χ1) is 18.7. The van der Waals surface area contributed by atoms with Gasteiger partial charge in [-0.1, -0.05) is 51.1 Å². The van der Waals surface area contributed by atoms with E-state index >= 15 is 0 Å². The van der Waals surface area contributed by atoms with Gasteiger partial charge in [-0.05, 0) is 52.9 Å². The van der Waals surface area contributed by atoms with Gasteiger partial charge in [0.05, 0.1) is 12.3 Å². The SMILES string of the molecule is CCN(CC)CC.O=c1c2nc(Br)n([C@@H]3O[C@@H]4COP(O)(=S)O[C@H]4[C@H]3O)c2nc2[nH]c(-c3ccccc3)cn12. The van der Waals surface area contributed by atoms with Crippen LogP contribution in [0.25, 0.3) is 28.2 Å². The molecule has 0 bridgehead atoms. The van der Waals surface area contributed by atoms with E-state index < -0.39 is 31.3 Å². The van der Waals surface area contributed by atoms with Gasteiger partial charge in [0, 0.05) is 6.20 Å². The van der Waals surface area contributed by atoms with Crippen LogP contribution in [0.2, 0.25) is 0 Å². The molecule has 3 N–H and O–H groups in total. The number of halogens is 1. The number of aliphatic hydroxyl groups is 1. The standard InChI is InChI=1S/C18H15BrN5O6PS.C6H15N/c19-17-21-11-14(24(17)16-12(25)13-10(29-16)7-28-31(27,32)30-13)22-18-20-9(6-23(18)15(11)26)8-4-2-1-3-5-8;1-4-7(5-2)6-3/h1-6,10,12-13,16,25H,7H2,(H,20,22)(H,27,32);4-6H2,1-3H3/t10-,12-,13-,16-,31?;/m1./s1. The van der Waals surface area contributed by atoms with E-state index in [0.717, 1.165) is 11.3 Å². The molecule has 2 aliphatic heterocycles. The highest BCUT2D eigenvalue weighted by Crippen LogP contribution is 2.53. The summed E-state index contributed by atoms with van der Waals surface area (Å²) in [6.07, 6.45) is -2.05. The summed E-state index contributed by atoms with van der Waals surface area (Å²) >= 11 is 8.24. The van der Waals surface area contributed by atoms with Gasteiger partial charge >= 0.3 is 6.72 Å². The molecule has 6 rings (SSSR count). The Morgan fingerprint density at radius 3 is 2.54 bits per heavy atom. The molecule has 0 radical (unpaired) electrons. The number of fused-ring (bicyclic) bond motifs is 3. The second kappa shape index (κ2) is 11.5. The van der Waals surface area contributed by atoms with Gasteiger partial charge < -0.3 is 29.1 Å². The Kier molecular flexibility index (Phi) is 8.39. The molecule has 5 heterocycles. The molecule has 1 unspecified atom stereocenters. The first-order valence-corrected chi connectivity index (χ1v) is 16.0. The summed E-state index contributed by atoms with van der Waals surface area (Å²) in [6.45, 7) is 6.66. The molecule has 4 aromatic rings. The average molecular weight is 641 g/mol. The molecule has 0 spiro atoms. The molecular formula is C24H30BrN6O6PS. The van der Waals surface area contributed by atoms with E-state index in [4.69, 9.17) is 25.6 Å². The van der Waals surface area contributed by atoms with Crippen molar-refractivity contribution < 1.29 is 23.8 Å². The highest BCUT2D eigenvalue weighted by Gasteiger charge is 2.51. The summed E-state index contributed by atoms with van der Waals surface area (Å²) < 4.78 is 19.6. The van der Waals surface area contributed by atoms with Gasteiger partial charge in [0.2, 0.25) is 5.78 Å². The summed E-state index contributed by atoms with van der Waals surface area (Å²) in [6, 6.07) is 9.54. The van der Waals surface area contributed by atoms with Gasteiger partial charge in [0.15, 0.2) is 22.1 Å². The predicted molar refractivity (Wildman–Crippen MR) is 153 cm³/mol. The Morgan fingerprint density at radius 2 is 1.90 bits per heavy atom. The number of nitrogens with zero attached hydrogens (tertiary/aromatic N) is 5. The minimum absolute atomic E-state index is 0.0202. The zero-order valence-electron chi connectivity index (χ0n) is 21.6. The maximum atomic E-state index is 13.1. The normalized spacial score (nSPS) is 26.6. The van der Waals surface area contributed by atoms with Crippen LogP contribution in [-0.4, -0.2) is 83.4 Å². The number of aromatic nitrogens is 5. The molecule has 2 aliphatic rings. The van der Waals surface area contributed by atoms with Crippen molar-refractivity contribution in [2.45, 2.75) is 45.3 Å². The smallest absolute Gasteiger partial charge is 0.325 e. The molecular weight excluding hydrogens is 611 g/mol. The lowest BCUT2D eigenvalue weighted by molar-refractivity contribution is -0.0600. The molecule has 5 atom stereocenters. The summed E-state index contributed by atoms with van der Waals surface area (Å²) in [5.41, 5.74) is 1.56. The van der Waals surface area contributed by atoms with Gasteiger partial charge in [-0.25, -0.2) is 9.38 Å². The highest BCUT2D eigenvalue weighted by molar-refractivity contribution is 9.10. The predicted octanol–water partition coefficient (Wildman–Crippen LogP) is 3.04. The molecule has 1 aromatic carbocycles. The fraction of sp³-hybridized carbons (Fsp3) is 0.458. The van der Waals surface area contributed by atoms with Crippen molar-refractivity contribution >= 4 is 51.4 Å². The van der Waals surface area contributed by atoms with Gasteiger partial charge in [0.1, 0.15) is 18.3 Å². The van der Waals surface area contributed by atoms with Crippen molar-refractivity contribution in [3.63, 3.8) is 0 Å². The quantitative estimate of drug-likeness (QED) is 0.220. The number of hydrogen-bond donors (Lipinski definition) is 3. The number of aliphatic hydroxyl groups excluding tert-OH is 1. The van der Waals surface area contributed by atoms with Crippen molar-refractivity contribution in [2.75, 3.05) is 26.2 Å². The maximum Gasteiger partial charge on any atom is 0.325 e. The monoisotopic (exact) mass is 640 g/mol. The van der Waals surface area contributed by atoms with Crippen molar-refractivity contribution in [2.24, 2.45) is 0 Å². The maximum absolute atomic E-state index is 13.1. The molecule has 0 aliphatic carbocycles. The van der Waals surface area contributed by atoms with Gasteiger partial charge in [-0.2, -0.15) is 4.98 Å². The largest absolute Gasteiger partial charge is 0.386 e. The Hall–Kier alpha value is -2.00.